The van der Waals surface area contributed by atoms with Gasteiger partial charge in [0.2, 0.25) is 0 Å². The molecule has 0 heterocycles. The molecule has 0 bridgehead atoms. The Morgan fingerprint density at radius 1 is 1.33 bits per heavy atom. The summed E-state index contributed by atoms with van der Waals surface area (Å²) in [6.07, 6.45) is 0.412. The lowest BCUT2D eigenvalue weighted by Crippen LogP contribution is -2.04. The van der Waals surface area contributed by atoms with E-state index >= 15 is 0 Å². The fraction of sp³-hybridized carbons (Fsp3) is 0.222. The van der Waals surface area contributed by atoms with Gasteiger partial charge in [0.1, 0.15) is 5.75 Å². The quantitative estimate of drug-likeness (QED) is 0.382. The second-order valence-corrected chi connectivity index (χ2v) is 2.14. The highest BCUT2D eigenvalue weighted by Crippen LogP contribution is 2.08. The number of para-hydroxylation sites is 1. The van der Waals surface area contributed by atoms with E-state index in [1.54, 1.807) is 19.1 Å². The summed E-state index contributed by atoms with van der Waals surface area (Å²) in [5.74, 6) is 0.413. The molecule has 0 amide bonds. The highest BCUT2D eigenvalue weighted by molar-refractivity contribution is 5.75. The standard InChI is InChI=1S/C9H10O2.Al.3H/c1-2-9(10)11-8-6-4-3-5-7-8;;;;/h3-7H,2H2,1H3;;;;. The van der Waals surface area contributed by atoms with Crippen LogP contribution >= 0.6 is 0 Å². The van der Waals surface area contributed by atoms with Crippen LogP contribution in [0.2, 0.25) is 0 Å². The van der Waals surface area contributed by atoms with Crippen molar-refractivity contribution in [3.8, 4) is 5.75 Å². The maximum atomic E-state index is 10.8. The molecule has 0 unspecified atom stereocenters. The van der Waals surface area contributed by atoms with Gasteiger partial charge in [0.25, 0.3) is 0 Å². The highest BCUT2D eigenvalue weighted by Gasteiger charge is 1.98. The van der Waals surface area contributed by atoms with Gasteiger partial charge in [0.15, 0.2) is 17.4 Å². The van der Waals surface area contributed by atoms with Crippen molar-refractivity contribution in [2.45, 2.75) is 13.3 Å². The Balaban J connectivity index is 0.00000121. The van der Waals surface area contributed by atoms with E-state index in [0.717, 1.165) is 0 Å². The van der Waals surface area contributed by atoms with E-state index in [9.17, 15) is 4.79 Å². The molecular weight excluding hydrogens is 167 g/mol. The minimum Gasteiger partial charge on any atom is -0.427 e. The largest absolute Gasteiger partial charge is 0.427 e. The van der Waals surface area contributed by atoms with E-state index in [0.29, 0.717) is 12.2 Å². The first-order valence-corrected chi connectivity index (χ1v) is 3.58. The van der Waals surface area contributed by atoms with Crippen LogP contribution in [-0.2, 0) is 4.79 Å². The monoisotopic (exact) mass is 180 g/mol. The zero-order chi connectivity index (χ0) is 8.10. The van der Waals surface area contributed by atoms with E-state index in [1.807, 2.05) is 18.2 Å². The van der Waals surface area contributed by atoms with E-state index in [-0.39, 0.29) is 23.3 Å². The number of rotatable bonds is 2. The molecule has 0 aliphatic heterocycles. The van der Waals surface area contributed by atoms with Gasteiger partial charge >= 0.3 is 5.97 Å². The molecule has 64 valence electrons. The molecular formula is C9H13AlO2. The van der Waals surface area contributed by atoms with Crippen molar-refractivity contribution >= 4 is 23.3 Å². The first-order valence-electron chi connectivity index (χ1n) is 3.58. The van der Waals surface area contributed by atoms with Crippen molar-refractivity contribution in [2.75, 3.05) is 0 Å². The van der Waals surface area contributed by atoms with Crippen molar-refractivity contribution in [3.05, 3.63) is 30.3 Å². The molecule has 0 fully saturated rings. The van der Waals surface area contributed by atoms with E-state index < -0.39 is 0 Å². The lowest BCUT2D eigenvalue weighted by molar-refractivity contribution is -0.134. The number of benzene rings is 1. The second kappa shape index (κ2) is 5.82. The van der Waals surface area contributed by atoms with E-state index in [2.05, 4.69) is 0 Å². The minimum absolute atomic E-state index is 0. The molecule has 2 nitrogen and oxygen atoms in total. The molecule has 1 aromatic rings. The number of hydrogen-bond donors (Lipinski definition) is 0. The fourth-order valence-corrected chi connectivity index (χ4v) is 0.692. The Labute approximate surface area is 82.7 Å². The lowest BCUT2D eigenvalue weighted by Gasteiger charge is -1.99. The van der Waals surface area contributed by atoms with Crippen LogP contribution in [0.3, 0.4) is 0 Å². The summed E-state index contributed by atoms with van der Waals surface area (Å²) in [4.78, 5) is 10.8. The van der Waals surface area contributed by atoms with Gasteiger partial charge in [-0.3, -0.25) is 4.79 Å². The Morgan fingerprint density at radius 2 is 1.92 bits per heavy atom. The summed E-state index contributed by atoms with van der Waals surface area (Å²) in [5, 5.41) is 0. The molecule has 0 aliphatic rings. The molecule has 1 aromatic carbocycles. The Hall–Kier alpha value is -0.778. The third kappa shape index (κ3) is 3.57. The highest BCUT2D eigenvalue weighted by atomic mass is 27.0. The molecule has 3 heteroatoms. The summed E-state index contributed by atoms with van der Waals surface area (Å²) in [7, 11) is 0. The van der Waals surface area contributed by atoms with Crippen molar-refractivity contribution in [1.82, 2.24) is 0 Å². The van der Waals surface area contributed by atoms with Gasteiger partial charge in [-0.15, -0.1) is 0 Å². The maximum Gasteiger partial charge on any atom is 0.310 e. The molecule has 12 heavy (non-hydrogen) atoms. The zero-order valence-electron chi connectivity index (χ0n) is 6.41. The molecule has 0 aliphatic carbocycles. The summed E-state index contributed by atoms with van der Waals surface area (Å²) in [5.41, 5.74) is 0. The fourth-order valence-electron chi connectivity index (χ4n) is 0.692. The predicted octanol–water partition coefficient (Wildman–Crippen LogP) is 0.818. The zero-order valence-corrected chi connectivity index (χ0v) is 6.41. The molecule has 0 atom stereocenters. The lowest BCUT2D eigenvalue weighted by atomic mass is 10.3. The van der Waals surface area contributed by atoms with E-state index in [1.165, 1.54) is 0 Å². The smallest absolute Gasteiger partial charge is 0.310 e. The topological polar surface area (TPSA) is 26.3 Å². The Bertz CT molecular complexity index is 234. The molecule has 0 saturated carbocycles. The van der Waals surface area contributed by atoms with Gasteiger partial charge in [-0.05, 0) is 12.1 Å². The molecule has 1 rings (SSSR count). The number of carbonyl (C=O) groups excluding carboxylic acids is 1. The van der Waals surface area contributed by atoms with Crippen LogP contribution in [0.1, 0.15) is 13.3 Å². The second-order valence-electron chi connectivity index (χ2n) is 2.14. The minimum atomic E-state index is -0.198. The van der Waals surface area contributed by atoms with E-state index in [4.69, 9.17) is 4.74 Å². The molecule has 0 aromatic heterocycles. The molecule has 0 spiro atoms. The summed E-state index contributed by atoms with van der Waals surface area (Å²) >= 11 is 0. The molecule has 0 saturated heterocycles. The van der Waals surface area contributed by atoms with Gasteiger partial charge in [0, 0.05) is 6.42 Å². The summed E-state index contributed by atoms with van der Waals surface area (Å²) < 4.78 is 4.92. The van der Waals surface area contributed by atoms with Crippen LogP contribution in [0, 0.1) is 0 Å². The van der Waals surface area contributed by atoms with Gasteiger partial charge in [-0.2, -0.15) is 0 Å². The first kappa shape index (κ1) is 11.2. The molecule has 0 N–H and O–H groups in total. The third-order valence-corrected chi connectivity index (χ3v) is 1.26. The van der Waals surface area contributed by atoms with Crippen molar-refractivity contribution in [1.29, 1.82) is 0 Å². The number of ether oxygens (including phenoxy) is 1. The number of esters is 1. The van der Waals surface area contributed by atoms with Crippen molar-refractivity contribution in [2.24, 2.45) is 0 Å². The first-order chi connectivity index (χ1) is 5.33. The molecule has 0 radical (unpaired) electrons. The Kier molecular flexibility index (Phi) is 5.44. The van der Waals surface area contributed by atoms with Crippen LogP contribution < -0.4 is 4.74 Å². The Morgan fingerprint density at radius 3 is 2.42 bits per heavy atom. The maximum absolute atomic E-state index is 10.8. The van der Waals surface area contributed by atoms with Crippen LogP contribution in [0.4, 0.5) is 0 Å². The van der Waals surface area contributed by atoms with Crippen LogP contribution in [0.25, 0.3) is 0 Å². The number of carbonyl (C=O) groups is 1. The van der Waals surface area contributed by atoms with Crippen LogP contribution in [-0.4, -0.2) is 23.3 Å². The third-order valence-electron chi connectivity index (χ3n) is 1.26. The normalized spacial score (nSPS) is 8.42. The van der Waals surface area contributed by atoms with Gasteiger partial charge in [0.05, 0.1) is 0 Å². The number of hydrogen-bond acceptors (Lipinski definition) is 2. The summed E-state index contributed by atoms with van der Waals surface area (Å²) in [6.45, 7) is 1.77. The van der Waals surface area contributed by atoms with Crippen molar-refractivity contribution < 1.29 is 9.53 Å². The SMILES string of the molecule is CCC(=O)Oc1ccccc1.[AlH3]. The predicted molar refractivity (Wildman–Crippen MR) is 52.3 cm³/mol. The van der Waals surface area contributed by atoms with Crippen LogP contribution in [0.5, 0.6) is 5.75 Å². The van der Waals surface area contributed by atoms with Gasteiger partial charge < -0.3 is 4.74 Å². The average Bonchev–Trinajstić information content (AvgIpc) is 2.06. The van der Waals surface area contributed by atoms with Gasteiger partial charge in [-0.1, -0.05) is 25.1 Å². The summed E-state index contributed by atoms with van der Waals surface area (Å²) in [6, 6.07) is 9.06. The van der Waals surface area contributed by atoms with Crippen LogP contribution in [0.15, 0.2) is 30.3 Å². The average molecular weight is 180 g/mol. The van der Waals surface area contributed by atoms with Crippen molar-refractivity contribution in [3.63, 3.8) is 0 Å². The van der Waals surface area contributed by atoms with Gasteiger partial charge in [-0.25, -0.2) is 0 Å².